The highest BCUT2D eigenvalue weighted by Crippen LogP contribution is 2.51. The number of phenols is 1. The molecule has 2 bridgehead atoms. The number of likely N-dealkylation sites (tertiary alicyclic amines) is 1. The summed E-state index contributed by atoms with van der Waals surface area (Å²) in [4.78, 5) is 2.81. The Labute approximate surface area is 128 Å². The molecule has 1 aromatic carbocycles. The number of phenolic OH excluding ortho intramolecular Hbond substituents is 1. The lowest BCUT2D eigenvalue weighted by molar-refractivity contribution is 0.000427. The first-order valence-corrected chi connectivity index (χ1v) is 8.59. The molecule has 1 N–H and O–H groups in total. The van der Waals surface area contributed by atoms with E-state index in [0.29, 0.717) is 17.7 Å². The van der Waals surface area contributed by atoms with E-state index >= 15 is 0 Å². The van der Waals surface area contributed by atoms with Gasteiger partial charge in [-0.2, -0.15) is 0 Å². The second-order valence-corrected chi connectivity index (χ2v) is 7.88. The fourth-order valence-electron chi connectivity index (χ4n) is 5.00. The molecule has 2 aliphatic carbocycles. The van der Waals surface area contributed by atoms with Crippen LogP contribution in [0.25, 0.3) is 0 Å². The first-order valence-electron chi connectivity index (χ1n) is 8.59. The summed E-state index contributed by atoms with van der Waals surface area (Å²) < 4.78 is 0. The number of hydrogen-bond acceptors (Lipinski definition) is 2. The van der Waals surface area contributed by atoms with E-state index in [9.17, 15) is 5.11 Å². The van der Waals surface area contributed by atoms with Crippen LogP contribution in [0.3, 0.4) is 0 Å². The standard InChI is InChI=1S/C19H27NO/c1-12-18-10-15-6-7-16(21)11-17(15)19(12,3)8-9-20(18)13(2)14-4-5-14/h6-7,11-14,18,21H,4-5,8-10H2,1-3H3/t12-,13+,18+,19+/m0/s1. The summed E-state index contributed by atoms with van der Waals surface area (Å²) in [6.45, 7) is 8.52. The fourth-order valence-corrected chi connectivity index (χ4v) is 5.00. The molecule has 4 atom stereocenters. The highest BCUT2D eigenvalue weighted by Gasteiger charge is 2.50. The lowest BCUT2D eigenvalue weighted by Crippen LogP contribution is -2.60. The van der Waals surface area contributed by atoms with Crippen LogP contribution in [0.4, 0.5) is 0 Å². The second-order valence-electron chi connectivity index (χ2n) is 7.88. The van der Waals surface area contributed by atoms with Crippen LogP contribution in [0, 0.1) is 11.8 Å². The summed E-state index contributed by atoms with van der Waals surface area (Å²) in [7, 11) is 0. The lowest BCUT2D eigenvalue weighted by Gasteiger charge is -2.56. The Morgan fingerprint density at radius 2 is 2.10 bits per heavy atom. The SMILES string of the molecule is C[C@H](C1CC1)N1CC[C@@]2(C)c3cc(O)ccc3C[C@@H]1[C@@H]2C. The molecule has 2 heteroatoms. The molecule has 0 unspecified atom stereocenters. The molecule has 1 saturated heterocycles. The summed E-state index contributed by atoms with van der Waals surface area (Å²) in [5.74, 6) is 2.04. The highest BCUT2D eigenvalue weighted by atomic mass is 16.3. The first-order chi connectivity index (χ1) is 10.0. The Bertz CT molecular complexity index is 565. The van der Waals surface area contributed by atoms with Crippen molar-refractivity contribution in [2.45, 2.75) is 64.0 Å². The van der Waals surface area contributed by atoms with Gasteiger partial charge in [0, 0.05) is 12.1 Å². The van der Waals surface area contributed by atoms with E-state index in [1.165, 1.54) is 36.9 Å². The molecule has 0 amide bonds. The topological polar surface area (TPSA) is 23.5 Å². The zero-order valence-electron chi connectivity index (χ0n) is 13.5. The van der Waals surface area contributed by atoms with E-state index in [4.69, 9.17) is 0 Å². The number of hydrogen-bond donors (Lipinski definition) is 1. The fraction of sp³-hybridized carbons (Fsp3) is 0.684. The summed E-state index contributed by atoms with van der Waals surface area (Å²) in [6.07, 6.45) is 5.24. The van der Waals surface area contributed by atoms with E-state index in [1.807, 2.05) is 12.1 Å². The zero-order chi connectivity index (χ0) is 14.8. The lowest BCUT2D eigenvalue weighted by atomic mass is 9.58. The Kier molecular flexibility index (Phi) is 2.91. The summed E-state index contributed by atoms with van der Waals surface area (Å²) in [5, 5.41) is 9.90. The van der Waals surface area contributed by atoms with Crippen LogP contribution in [0.15, 0.2) is 18.2 Å². The maximum absolute atomic E-state index is 9.90. The van der Waals surface area contributed by atoms with E-state index in [2.05, 4.69) is 31.7 Å². The van der Waals surface area contributed by atoms with Gasteiger partial charge in [-0.1, -0.05) is 19.9 Å². The maximum Gasteiger partial charge on any atom is 0.115 e. The number of nitrogens with zero attached hydrogens (tertiary/aromatic N) is 1. The molecule has 0 spiro atoms. The third kappa shape index (κ3) is 1.95. The Hall–Kier alpha value is -1.02. The van der Waals surface area contributed by atoms with Crippen LogP contribution < -0.4 is 0 Å². The van der Waals surface area contributed by atoms with Gasteiger partial charge in [0.05, 0.1) is 0 Å². The van der Waals surface area contributed by atoms with Crippen molar-refractivity contribution < 1.29 is 5.11 Å². The minimum atomic E-state index is 0.233. The molecule has 1 aromatic rings. The van der Waals surface area contributed by atoms with Crippen LogP contribution in [0.2, 0.25) is 0 Å². The van der Waals surface area contributed by atoms with Crippen molar-refractivity contribution in [1.82, 2.24) is 4.90 Å². The average Bonchev–Trinajstić information content (AvgIpc) is 3.28. The number of benzene rings is 1. The third-order valence-electron chi connectivity index (χ3n) is 6.86. The summed E-state index contributed by atoms with van der Waals surface area (Å²) in [5.41, 5.74) is 3.10. The van der Waals surface area contributed by atoms with Gasteiger partial charge in [-0.05, 0) is 79.7 Å². The Morgan fingerprint density at radius 1 is 1.33 bits per heavy atom. The van der Waals surface area contributed by atoms with Crippen molar-refractivity contribution in [3.8, 4) is 5.75 Å². The van der Waals surface area contributed by atoms with Crippen molar-refractivity contribution >= 4 is 0 Å². The Morgan fingerprint density at radius 3 is 2.81 bits per heavy atom. The predicted molar refractivity (Wildman–Crippen MR) is 85.6 cm³/mol. The van der Waals surface area contributed by atoms with Gasteiger partial charge in [-0.25, -0.2) is 0 Å². The van der Waals surface area contributed by atoms with Crippen LogP contribution >= 0.6 is 0 Å². The first kappa shape index (κ1) is 13.6. The quantitative estimate of drug-likeness (QED) is 0.895. The molecule has 2 fully saturated rings. The zero-order valence-corrected chi connectivity index (χ0v) is 13.5. The van der Waals surface area contributed by atoms with Crippen molar-refractivity contribution in [3.05, 3.63) is 29.3 Å². The maximum atomic E-state index is 9.90. The van der Waals surface area contributed by atoms with Crippen molar-refractivity contribution in [2.24, 2.45) is 11.8 Å². The molecule has 1 heterocycles. The molecular weight excluding hydrogens is 258 g/mol. The van der Waals surface area contributed by atoms with Crippen molar-refractivity contribution in [3.63, 3.8) is 0 Å². The number of rotatable bonds is 2. The predicted octanol–water partition coefficient (Wildman–Crippen LogP) is 3.71. The summed E-state index contributed by atoms with van der Waals surface area (Å²) >= 11 is 0. The molecule has 1 aliphatic heterocycles. The largest absolute Gasteiger partial charge is 0.508 e. The van der Waals surface area contributed by atoms with Gasteiger partial charge in [-0.3, -0.25) is 4.90 Å². The van der Waals surface area contributed by atoms with Gasteiger partial charge >= 0.3 is 0 Å². The van der Waals surface area contributed by atoms with Crippen LogP contribution in [-0.4, -0.2) is 28.6 Å². The van der Waals surface area contributed by atoms with Crippen LogP contribution in [-0.2, 0) is 11.8 Å². The number of aromatic hydroxyl groups is 1. The smallest absolute Gasteiger partial charge is 0.115 e. The van der Waals surface area contributed by atoms with Crippen LogP contribution in [0.5, 0.6) is 5.75 Å². The molecule has 21 heavy (non-hydrogen) atoms. The number of fused-ring (bicyclic) bond motifs is 4. The van der Waals surface area contributed by atoms with Crippen molar-refractivity contribution in [1.29, 1.82) is 0 Å². The highest BCUT2D eigenvalue weighted by molar-refractivity contribution is 5.44. The molecule has 4 rings (SSSR count). The third-order valence-corrected chi connectivity index (χ3v) is 6.86. The number of piperidine rings is 1. The molecule has 1 saturated carbocycles. The minimum Gasteiger partial charge on any atom is -0.508 e. The van der Waals surface area contributed by atoms with Gasteiger partial charge in [0.15, 0.2) is 0 Å². The van der Waals surface area contributed by atoms with Gasteiger partial charge < -0.3 is 5.11 Å². The van der Waals surface area contributed by atoms with Gasteiger partial charge in [0.2, 0.25) is 0 Å². The van der Waals surface area contributed by atoms with Crippen molar-refractivity contribution in [2.75, 3.05) is 6.54 Å². The van der Waals surface area contributed by atoms with Gasteiger partial charge in [-0.15, -0.1) is 0 Å². The van der Waals surface area contributed by atoms with E-state index in [0.717, 1.165) is 18.4 Å². The molecule has 2 nitrogen and oxygen atoms in total. The van der Waals surface area contributed by atoms with Gasteiger partial charge in [0.25, 0.3) is 0 Å². The molecule has 114 valence electrons. The van der Waals surface area contributed by atoms with Gasteiger partial charge in [0.1, 0.15) is 5.75 Å². The average molecular weight is 285 g/mol. The molecule has 0 radical (unpaired) electrons. The van der Waals surface area contributed by atoms with E-state index in [-0.39, 0.29) is 5.41 Å². The second kappa shape index (κ2) is 4.49. The Balaban J connectivity index is 1.73. The molecule has 3 aliphatic rings. The van der Waals surface area contributed by atoms with E-state index < -0.39 is 0 Å². The summed E-state index contributed by atoms with van der Waals surface area (Å²) in [6, 6.07) is 7.48. The normalized spacial score (nSPS) is 37.1. The molecule has 0 aromatic heterocycles. The monoisotopic (exact) mass is 285 g/mol. The molecular formula is C19H27NO. The van der Waals surface area contributed by atoms with E-state index in [1.54, 1.807) is 0 Å². The van der Waals surface area contributed by atoms with Crippen LogP contribution in [0.1, 0.15) is 51.2 Å². The minimum absolute atomic E-state index is 0.233.